The molecule has 3 heteroatoms. The van der Waals surface area contributed by atoms with Gasteiger partial charge in [-0.15, -0.1) is 0 Å². The molecule has 1 aromatic carbocycles. The van der Waals surface area contributed by atoms with Crippen LogP contribution in [0.25, 0.3) is 0 Å². The molecule has 1 rings (SSSR count). The SMILES string of the molecule is CCCCNC(=O)CNC(C)(C)c1ccccc1. The van der Waals surface area contributed by atoms with Crippen molar-refractivity contribution in [3.63, 3.8) is 0 Å². The first kappa shape index (κ1) is 14.7. The Balaban J connectivity index is 2.40. The van der Waals surface area contributed by atoms with Crippen molar-refractivity contribution in [2.75, 3.05) is 13.1 Å². The van der Waals surface area contributed by atoms with E-state index in [4.69, 9.17) is 0 Å². The Kier molecular flexibility index (Phi) is 5.86. The third kappa shape index (κ3) is 4.88. The summed E-state index contributed by atoms with van der Waals surface area (Å²) in [6.07, 6.45) is 2.14. The van der Waals surface area contributed by atoms with Crippen LogP contribution < -0.4 is 10.6 Å². The third-order valence-electron chi connectivity index (χ3n) is 3.04. The highest BCUT2D eigenvalue weighted by Gasteiger charge is 2.20. The lowest BCUT2D eigenvalue weighted by Crippen LogP contribution is -2.43. The predicted molar refractivity (Wildman–Crippen MR) is 75.4 cm³/mol. The second-order valence-electron chi connectivity index (χ2n) is 5.05. The lowest BCUT2D eigenvalue weighted by Gasteiger charge is -2.26. The van der Waals surface area contributed by atoms with Gasteiger partial charge in [0.15, 0.2) is 0 Å². The summed E-state index contributed by atoms with van der Waals surface area (Å²) in [5.41, 5.74) is 0.995. The smallest absolute Gasteiger partial charge is 0.233 e. The molecule has 0 aliphatic rings. The van der Waals surface area contributed by atoms with Gasteiger partial charge < -0.3 is 5.32 Å². The summed E-state index contributed by atoms with van der Waals surface area (Å²) < 4.78 is 0. The van der Waals surface area contributed by atoms with Gasteiger partial charge in [0.25, 0.3) is 0 Å². The molecule has 0 aliphatic carbocycles. The van der Waals surface area contributed by atoms with E-state index in [-0.39, 0.29) is 11.4 Å². The Bertz CT molecular complexity index is 360. The average molecular weight is 248 g/mol. The van der Waals surface area contributed by atoms with Gasteiger partial charge in [-0.05, 0) is 25.8 Å². The predicted octanol–water partition coefficient (Wildman–Crippen LogP) is 2.43. The van der Waals surface area contributed by atoms with Crippen LogP contribution in [-0.2, 0) is 10.3 Å². The Morgan fingerprint density at radius 3 is 2.50 bits per heavy atom. The molecule has 0 saturated heterocycles. The quantitative estimate of drug-likeness (QED) is 0.728. The van der Waals surface area contributed by atoms with Crippen LogP contribution in [0.15, 0.2) is 30.3 Å². The van der Waals surface area contributed by atoms with Gasteiger partial charge in [-0.2, -0.15) is 0 Å². The van der Waals surface area contributed by atoms with E-state index in [0.29, 0.717) is 6.54 Å². The van der Waals surface area contributed by atoms with Crippen LogP contribution in [0, 0.1) is 0 Å². The summed E-state index contributed by atoms with van der Waals surface area (Å²) >= 11 is 0. The van der Waals surface area contributed by atoms with Crippen molar-refractivity contribution in [1.29, 1.82) is 0 Å². The van der Waals surface area contributed by atoms with Gasteiger partial charge >= 0.3 is 0 Å². The number of carbonyl (C=O) groups excluding carboxylic acids is 1. The topological polar surface area (TPSA) is 41.1 Å². The molecule has 0 atom stereocenters. The summed E-state index contributed by atoms with van der Waals surface area (Å²) in [6.45, 7) is 7.40. The van der Waals surface area contributed by atoms with Gasteiger partial charge in [-0.25, -0.2) is 0 Å². The summed E-state index contributed by atoms with van der Waals surface area (Å²) in [7, 11) is 0. The number of nitrogens with one attached hydrogen (secondary N) is 2. The minimum absolute atomic E-state index is 0.0625. The van der Waals surface area contributed by atoms with E-state index in [1.54, 1.807) is 0 Å². The summed E-state index contributed by atoms with van der Waals surface area (Å²) in [5.74, 6) is 0.0625. The largest absolute Gasteiger partial charge is 0.355 e. The first-order chi connectivity index (χ1) is 8.56. The number of unbranched alkanes of at least 4 members (excludes halogenated alkanes) is 1. The molecule has 0 saturated carbocycles. The molecule has 2 N–H and O–H groups in total. The fourth-order valence-corrected chi connectivity index (χ4v) is 1.73. The van der Waals surface area contributed by atoms with Gasteiger partial charge in [-0.1, -0.05) is 43.7 Å². The molecule has 0 heterocycles. The first-order valence-electron chi connectivity index (χ1n) is 6.63. The molecule has 0 bridgehead atoms. The van der Waals surface area contributed by atoms with Crippen molar-refractivity contribution in [3.8, 4) is 0 Å². The number of carbonyl (C=O) groups is 1. The lowest BCUT2D eigenvalue weighted by molar-refractivity contribution is -0.120. The van der Waals surface area contributed by atoms with Crippen LogP contribution in [-0.4, -0.2) is 19.0 Å². The van der Waals surface area contributed by atoms with Crippen molar-refractivity contribution < 1.29 is 4.79 Å². The highest BCUT2D eigenvalue weighted by Crippen LogP contribution is 2.18. The molecule has 3 nitrogen and oxygen atoms in total. The highest BCUT2D eigenvalue weighted by molar-refractivity contribution is 5.78. The van der Waals surface area contributed by atoms with Crippen LogP contribution >= 0.6 is 0 Å². The molecule has 1 amide bonds. The molecule has 18 heavy (non-hydrogen) atoms. The van der Waals surface area contributed by atoms with Gasteiger partial charge in [0, 0.05) is 12.1 Å². The van der Waals surface area contributed by atoms with E-state index >= 15 is 0 Å². The Labute approximate surface area is 110 Å². The fourth-order valence-electron chi connectivity index (χ4n) is 1.73. The molecule has 0 unspecified atom stereocenters. The van der Waals surface area contributed by atoms with E-state index in [9.17, 15) is 4.79 Å². The van der Waals surface area contributed by atoms with Gasteiger partial charge in [-0.3, -0.25) is 10.1 Å². The highest BCUT2D eigenvalue weighted by atomic mass is 16.1. The van der Waals surface area contributed by atoms with E-state index in [2.05, 4.69) is 43.5 Å². The fraction of sp³-hybridized carbons (Fsp3) is 0.533. The molecular formula is C15H24N2O. The van der Waals surface area contributed by atoms with Crippen molar-refractivity contribution >= 4 is 5.91 Å². The van der Waals surface area contributed by atoms with Gasteiger partial charge in [0.05, 0.1) is 6.54 Å². The molecule has 0 radical (unpaired) electrons. The maximum absolute atomic E-state index is 11.6. The normalized spacial score (nSPS) is 11.3. The molecule has 0 aliphatic heterocycles. The number of hydrogen-bond donors (Lipinski definition) is 2. The Hall–Kier alpha value is -1.35. The lowest BCUT2D eigenvalue weighted by atomic mass is 9.94. The second-order valence-corrected chi connectivity index (χ2v) is 5.05. The molecule has 100 valence electrons. The van der Waals surface area contributed by atoms with Gasteiger partial charge in [0.2, 0.25) is 5.91 Å². The summed E-state index contributed by atoms with van der Waals surface area (Å²) in [4.78, 5) is 11.6. The van der Waals surface area contributed by atoms with Crippen molar-refractivity contribution in [2.24, 2.45) is 0 Å². The van der Waals surface area contributed by atoms with Crippen molar-refractivity contribution in [2.45, 2.75) is 39.2 Å². The molecular weight excluding hydrogens is 224 g/mol. The molecule has 1 aromatic rings. The third-order valence-corrected chi connectivity index (χ3v) is 3.04. The second kappa shape index (κ2) is 7.17. The van der Waals surface area contributed by atoms with Crippen molar-refractivity contribution in [3.05, 3.63) is 35.9 Å². The Morgan fingerprint density at radius 1 is 1.22 bits per heavy atom. The molecule has 0 fully saturated rings. The standard InChI is InChI=1S/C15H24N2O/c1-4-5-11-16-14(18)12-17-15(2,3)13-9-7-6-8-10-13/h6-10,17H,4-5,11-12H2,1-3H3,(H,16,18). The monoisotopic (exact) mass is 248 g/mol. The first-order valence-corrected chi connectivity index (χ1v) is 6.63. The zero-order valence-electron chi connectivity index (χ0n) is 11.6. The maximum Gasteiger partial charge on any atom is 0.233 e. The summed E-state index contributed by atoms with van der Waals surface area (Å²) in [6, 6.07) is 10.2. The minimum Gasteiger partial charge on any atom is -0.355 e. The van der Waals surface area contributed by atoms with Crippen LogP contribution in [0.1, 0.15) is 39.2 Å². The molecule has 0 spiro atoms. The van der Waals surface area contributed by atoms with E-state index in [1.165, 1.54) is 5.56 Å². The van der Waals surface area contributed by atoms with E-state index in [0.717, 1.165) is 19.4 Å². The van der Waals surface area contributed by atoms with E-state index < -0.39 is 0 Å². The number of rotatable bonds is 7. The Morgan fingerprint density at radius 2 is 1.89 bits per heavy atom. The number of hydrogen-bond acceptors (Lipinski definition) is 2. The van der Waals surface area contributed by atoms with Gasteiger partial charge in [0.1, 0.15) is 0 Å². The van der Waals surface area contributed by atoms with Crippen LogP contribution in [0.4, 0.5) is 0 Å². The minimum atomic E-state index is -0.191. The van der Waals surface area contributed by atoms with E-state index in [1.807, 2.05) is 18.2 Å². The number of amides is 1. The van der Waals surface area contributed by atoms with Crippen LogP contribution in [0.3, 0.4) is 0 Å². The zero-order valence-corrected chi connectivity index (χ0v) is 11.6. The van der Waals surface area contributed by atoms with Crippen molar-refractivity contribution in [1.82, 2.24) is 10.6 Å². The average Bonchev–Trinajstić information content (AvgIpc) is 2.38. The number of benzene rings is 1. The maximum atomic E-state index is 11.6. The van der Waals surface area contributed by atoms with Crippen LogP contribution in [0.5, 0.6) is 0 Å². The summed E-state index contributed by atoms with van der Waals surface area (Å²) in [5, 5.41) is 6.20. The molecule has 0 aromatic heterocycles. The zero-order chi connectivity index (χ0) is 13.4. The van der Waals surface area contributed by atoms with Crippen LogP contribution in [0.2, 0.25) is 0 Å².